The van der Waals surface area contributed by atoms with Gasteiger partial charge in [-0.3, -0.25) is 0 Å². The van der Waals surface area contributed by atoms with Crippen molar-refractivity contribution in [3.8, 4) is 5.75 Å². The molecule has 1 heterocycles. The van der Waals surface area contributed by atoms with Crippen molar-refractivity contribution in [2.75, 3.05) is 21.3 Å². The summed E-state index contributed by atoms with van der Waals surface area (Å²) in [4.78, 5) is 26.3. The average Bonchev–Trinajstić information content (AvgIpc) is 2.95. The van der Waals surface area contributed by atoms with Gasteiger partial charge in [-0.2, -0.15) is 0 Å². The summed E-state index contributed by atoms with van der Waals surface area (Å²) in [5, 5.41) is 3.38. The minimum atomic E-state index is -0.831. The molecule has 0 aliphatic heterocycles. The molecule has 1 atom stereocenters. The first-order valence-electron chi connectivity index (χ1n) is 6.65. The Labute approximate surface area is 127 Å². The Balaban J connectivity index is 2.29. The van der Waals surface area contributed by atoms with E-state index in [1.165, 1.54) is 14.2 Å². The Morgan fingerprint density at radius 3 is 2.64 bits per heavy atom. The van der Waals surface area contributed by atoms with Crippen LogP contribution in [0.25, 0.3) is 10.9 Å². The van der Waals surface area contributed by atoms with Crippen LogP contribution in [0.4, 0.5) is 4.79 Å². The zero-order valence-corrected chi connectivity index (χ0v) is 12.6. The van der Waals surface area contributed by atoms with Crippen LogP contribution in [0.3, 0.4) is 0 Å². The van der Waals surface area contributed by atoms with Crippen LogP contribution in [0.2, 0.25) is 0 Å². The predicted octanol–water partition coefficient (Wildman–Crippen LogP) is 1.62. The molecule has 1 aromatic carbocycles. The number of aromatic nitrogens is 1. The molecule has 0 saturated heterocycles. The smallest absolute Gasteiger partial charge is 0.407 e. The third-order valence-corrected chi connectivity index (χ3v) is 3.36. The number of H-pyrrole nitrogens is 1. The number of alkyl carbamates (subject to hydrolysis) is 1. The molecule has 2 N–H and O–H groups in total. The van der Waals surface area contributed by atoms with Gasteiger partial charge in [0.2, 0.25) is 0 Å². The van der Waals surface area contributed by atoms with Crippen LogP contribution in [0.5, 0.6) is 5.75 Å². The fraction of sp³-hybridized carbons (Fsp3) is 0.333. The molecule has 7 nitrogen and oxygen atoms in total. The van der Waals surface area contributed by atoms with Crippen molar-refractivity contribution in [2.45, 2.75) is 12.5 Å². The van der Waals surface area contributed by atoms with Gasteiger partial charge in [0.25, 0.3) is 0 Å². The number of benzene rings is 1. The number of rotatable bonds is 5. The van der Waals surface area contributed by atoms with Gasteiger partial charge in [-0.05, 0) is 23.8 Å². The van der Waals surface area contributed by atoms with E-state index in [2.05, 4.69) is 15.0 Å². The maximum Gasteiger partial charge on any atom is 0.407 e. The van der Waals surface area contributed by atoms with Gasteiger partial charge in [-0.25, -0.2) is 9.59 Å². The predicted molar refractivity (Wildman–Crippen MR) is 79.9 cm³/mol. The second-order valence-corrected chi connectivity index (χ2v) is 4.64. The van der Waals surface area contributed by atoms with Gasteiger partial charge in [0, 0.05) is 23.5 Å². The molecule has 22 heavy (non-hydrogen) atoms. The quantitative estimate of drug-likeness (QED) is 0.819. The minimum Gasteiger partial charge on any atom is -0.497 e. The maximum absolute atomic E-state index is 11.8. The summed E-state index contributed by atoms with van der Waals surface area (Å²) < 4.78 is 14.5. The van der Waals surface area contributed by atoms with Gasteiger partial charge < -0.3 is 24.5 Å². The van der Waals surface area contributed by atoms with Crippen LogP contribution in [0, 0.1) is 0 Å². The lowest BCUT2D eigenvalue weighted by Gasteiger charge is -2.15. The number of carbonyl (C=O) groups is 2. The molecule has 0 unspecified atom stereocenters. The van der Waals surface area contributed by atoms with Gasteiger partial charge in [-0.15, -0.1) is 0 Å². The van der Waals surface area contributed by atoms with Gasteiger partial charge >= 0.3 is 12.1 Å². The first-order chi connectivity index (χ1) is 10.6. The van der Waals surface area contributed by atoms with Crippen LogP contribution < -0.4 is 10.1 Å². The highest BCUT2D eigenvalue weighted by molar-refractivity contribution is 5.87. The Morgan fingerprint density at radius 1 is 1.23 bits per heavy atom. The van der Waals surface area contributed by atoms with E-state index in [4.69, 9.17) is 9.47 Å². The molecule has 0 aliphatic rings. The van der Waals surface area contributed by atoms with E-state index in [0.717, 1.165) is 16.5 Å². The average molecular weight is 306 g/mol. The molecule has 118 valence electrons. The Morgan fingerprint density at radius 2 is 2.00 bits per heavy atom. The lowest BCUT2D eigenvalue weighted by Crippen LogP contribution is -2.42. The van der Waals surface area contributed by atoms with E-state index in [9.17, 15) is 9.59 Å². The Bertz CT molecular complexity index is 680. The zero-order valence-electron chi connectivity index (χ0n) is 12.6. The third kappa shape index (κ3) is 3.30. The van der Waals surface area contributed by atoms with Crippen LogP contribution in [-0.2, 0) is 20.7 Å². The summed E-state index contributed by atoms with van der Waals surface area (Å²) >= 11 is 0. The van der Waals surface area contributed by atoms with E-state index in [1.807, 2.05) is 18.2 Å². The molecule has 0 aliphatic carbocycles. The maximum atomic E-state index is 11.8. The number of hydrogen-bond donors (Lipinski definition) is 2. The summed E-state index contributed by atoms with van der Waals surface area (Å²) in [6.07, 6.45) is 1.38. The Hall–Kier alpha value is -2.70. The van der Waals surface area contributed by atoms with Crippen molar-refractivity contribution in [1.29, 1.82) is 0 Å². The summed E-state index contributed by atoms with van der Waals surface area (Å²) in [6.45, 7) is 0. The second-order valence-electron chi connectivity index (χ2n) is 4.64. The fourth-order valence-electron chi connectivity index (χ4n) is 2.21. The van der Waals surface area contributed by atoms with Crippen molar-refractivity contribution in [1.82, 2.24) is 10.3 Å². The number of carbonyl (C=O) groups excluding carboxylic acids is 2. The number of fused-ring (bicyclic) bond motifs is 1. The van der Waals surface area contributed by atoms with E-state index < -0.39 is 18.1 Å². The SMILES string of the molecule is COC(=O)N[C@H](Cc1c[nH]c2ccc(OC)cc12)C(=O)OC. The van der Waals surface area contributed by atoms with E-state index in [1.54, 1.807) is 13.3 Å². The molecule has 1 amide bonds. The largest absolute Gasteiger partial charge is 0.497 e. The molecule has 0 radical (unpaired) electrons. The van der Waals surface area contributed by atoms with Gasteiger partial charge in [-0.1, -0.05) is 0 Å². The molecular formula is C15H18N2O5. The lowest BCUT2D eigenvalue weighted by molar-refractivity contribution is -0.142. The van der Waals surface area contributed by atoms with Gasteiger partial charge in [0.05, 0.1) is 21.3 Å². The summed E-state index contributed by atoms with van der Waals surface area (Å²) in [5.41, 5.74) is 1.78. The van der Waals surface area contributed by atoms with Gasteiger partial charge in [0.1, 0.15) is 11.8 Å². The number of aromatic amines is 1. The van der Waals surface area contributed by atoms with Crippen LogP contribution in [-0.4, -0.2) is 44.4 Å². The topological polar surface area (TPSA) is 89.6 Å². The van der Waals surface area contributed by atoms with Crippen molar-refractivity contribution in [3.63, 3.8) is 0 Å². The van der Waals surface area contributed by atoms with E-state index in [0.29, 0.717) is 5.75 Å². The molecule has 2 aromatic rings. The molecule has 0 fully saturated rings. The first kappa shape index (κ1) is 15.7. The fourth-order valence-corrected chi connectivity index (χ4v) is 2.21. The summed E-state index contributed by atoms with van der Waals surface area (Å²) in [6, 6.07) is 4.77. The number of ether oxygens (including phenoxy) is 3. The minimum absolute atomic E-state index is 0.273. The van der Waals surface area contributed by atoms with E-state index in [-0.39, 0.29) is 6.42 Å². The van der Waals surface area contributed by atoms with Crippen LogP contribution in [0.15, 0.2) is 24.4 Å². The Kier molecular flexibility index (Phi) is 4.88. The highest BCUT2D eigenvalue weighted by atomic mass is 16.5. The molecule has 0 spiro atoms. The highest BCUT2D eigenvalue weighted by Crippen LogP contribution is 2.24. The normalized spacial score (nSPS) is 11.8. The summed E-state index contributed by atoms with van der Waals surface area (Å²) in [5.74, 6) is 0.173. The summed E-state index contributed by atoms with van der Waals surface area (Å²) in [7, 11) is 4.09. The van der Waals surface area contributed by atoms with Crippen molar-refractivity contribution in [3.05, 3.63) is 30.0 Å². The van der Waals surface area contributed by atoms with E-state index >= 15 is 0 Å². The molecular weight excluding hydrogens is 288 g/mol. The number of amides is 1. The molecule has 2 rings (SSSR count). The number of hydrogen-bond acceptors (Lipinski definition) is 5. The first-order valence-corrected chi connectivity index (χ1v) is 6.65. The molecule has 1 aromatic heterocycles. The van der Waals surface area contributed by atoms with Crippen LogP contribution >= 0.6 is 0 Å². The molecule has 7 heteroatoms. The van der Waals surface area contributed by atoms with Crippen LogP contribution in [0.1, 0.15) is 5.56 Å². The number of methoxy groups -OCH3 is 3. The highest BCUT2D eigenvalue weighted by Gasteiger charge is 2.23. The standard InChI is InChI=1S/C15H18N2O5/c1-20-10-4-5-12-11(7-10)9(8-16-12)6-13(14(18)21-2)17-15(19)22-3/h4-5,7-8,13,16H,6H2,1-3H3,(H,17,19)/t13-/m1/s1. The molecule has 0 saturated carbocycles. The third-order valence-electron chi connectivity index (χ3n) is 3.36. The van der Waals surface area contributed by atoms with Crippen molar-refractivity contribution >= 4 is 23.0 Å². The monoisotopic (exact) mass is 306 g/mol. The number of nitrogens with one attached hydrogen (secondary N) is 2. The van der Waals surface area contributed by atoms with Gasteiger partial charge in [0.15, 0.2) is 0 Å². The molecule has 0 bridgehead atoms. The zero-order chi connectivity index (χ0) is 16.1. The van der Waals surface area contributed by atoms with Crippen molar-refractivity contribution < 1.29 is 23.8 Å². The lowest BCUT2D eigenvalue weighted by atomic mass is 10.0. The number of esters is 1. The van der Waals surface area contributed by atoms with Crippen molar-refractivity contribution in [2.24, 2.45) is 0 Å². The second kappa shape index (κ2) is 6.84.